The number of thiophene rings is 1. The van der Waals surface area contributed by atoms with Crippen molar-refractivity contribution in [2.45, 2.75) is 63.5 Å². The number of rotatable bonds is 8. The van der Waals surface area contributed by atoms with Crippen molar-refractivity contribution in [3.63, 3.8) is 0 Å². The van der Waals surface area contributed by atoms with E-state index < -0.39 is 10.0 Å². The lowest BCUT2D eigenvalue weighted by Gasteiger charge is -2.20. The summed E-state index contributed by atoms with van der Waals surface area (Å²) < 4.78 is 28.1. The molecule has 2 N–H and O–H groups in total. The molecule has 30 heavy (non-hydrogen) atoms. The van der Waals surface area contributed by atoms with Gasteiger partial charge in [0.2, 0.25) is 0 Å². The quantitative estimate of drug-likeness (QED) is 0.376. The maximum Gasteiger partial charge on any atom is 0.271 e. The summed E-state index contributed by atoms with van der Waals surface area (Å²) in [5.41, 5.74) is 2.66. The predicted molar refractivity (Wildman–Crippen MR) is 128 cm³/mol. The van der Waals surface area contributed by atoms with Gasteiger partial charge in [-0.1, -0.05) is 39.2 Å². The molecule has 1 aromatic carbocycles. The van der Waals surface area contributed by atoms with Crippen LogP contribution in [-0.2, 0) is 16.4 Å². The van der Waals surface area contributed by atoms with Crippen LogP contribution in [0.2, 0.25) is 0 Å². The summed E-state index contributed by atoms with van der Waals surface area (Å²) in [4.78, 5) is 4.77. The van der Waals surface area contributed by atoms with Crippen molar-refractivity contribution in [1.82, 2.24) is 0 Å². The topological polar surface area (TPSA) is 70.6 Å². The summed E-state index contributed by atoms with van der Waals surface area (Å²) in [6, 6.07) is 9.05. The molecule has 1 aliphatic rings. The van der Waals surface area contributed by atoms with Crippen molar-refractivity contribution in [2.75, 3.05) is 16.6 Å². The molecule has 0 bridgehead atoms. The second-order valence-electron chi connectivity index (χ2n) is 8.56. The molecule has 1 heterocycles. The first-order valence-electron chi connectivity index (χ1n) is 10.8. The van der Waals surface area contributed by atoms with Crippen molar-refractivity contribution >= 4 is 38.6 Å². The Balaban J connectivity index is 1.73. The van der Waals surface area contributed by atoms with Gasteiger partial charge in [-0.15, -0.1) is 11.3 Å². The van der Waals surface area contributed by atoms with Gasteiger partial charge in [0.25, 0.3) is 10.0 Å². The Labute approximate surface area is 185 Å². The molecule has 0 saturated heterocycles. The number of amidine groups is 1. The number of hydrogen-bond donors (Lipinski definition) is 2. The summed E-state index contributed by atoms with van der Waals surface area (Å²) in [5.74, 6) is 2.08. The van der Waals surface area contributed by atoms with Gasteiger partial charge in [-0.2, -0.15) is 0 Å². The van der Waals surface area contributed by atoms with Crippen LogP contribution in [0.1, 0.15) is 58.4 Å². The zero-order valence-electron chi connectivity index (χ0n) is 18.1. The van der Waals surface area contributed by atoms with Gasteiger partial charge in [-0.25, -0.2) is 8.42 Å². The molecule has 164 valence electrons. The number of benzene rings is 1. The van der Waals surface area contributed by atoms with Gasteiger partial charge in [-0.3, -0.25) is 9.71 Å². The lowest BCUT2D eigenvalue weighted by Crippen LogP contribution is -2.15. The lowest BCUT2D eigenvalue weighted by atomic mass is 9.89. The van der Waals surface area contributed by atoms with Crippen LogP contribution in [0.15, 0.2) is 44.9 Å². The van der Waals surface area contributed by atoms with Crippen molar-refractivity contribution in [1.29, 1.82) is 0 Å². The second-order valence-corrected chi connectivity index (χ2v) is 11.4. The van der Waals surface area contributed by atoms with Gasteiger partial charge >= 0.3 is 0 Å². The van der Waals surface area contributed by atoms with Crippen LogP contribution in [0.3, 0.4) is 0 Å². The van der Waals surface area contributed by atoms with Crippen LogP contribution in [0, 0.1) is 11.8 Å². The normalized spacial score (nSPS) is 16.1. The molecule has 1 aromatic heterocycles. The minimum absolute atomic E-state index is 0.320. The molecule has 7 heteroatoms. The van der Waals surface area contributed by atoms with Gasteiger partial charge in [0, 0.05) is 17.9 Å². The Hall–Kier alpha value is -1.86. The third-order valence-electron chi connectivity index (χ3n) is 5.37. The van der Waals surface area contributed by atoms with Crippen LogP contribution >= 0.6 is 11.3 Å². The molecule has 0 amide bonds. The van der Waals surface area contributed by atoms with E-state index in [9.17, 15) is 8.42 Å². The Bertz CT molecular complexity index is 945. The van der Waals surface area contributed by atoms with E-state index in [1.807, 2.05) is 25.1 Å². The fourth-order valence-electron chi connectivity index (χ4n) is 3.88. The minimum atomic E-state index is -3.55. The van der Waals surface area contributed by atoms with Crippen LogP contribution in [0.25, 0.3) is 0 Å². The first kappa shape index (κ1) is 22.8. The molecule has 0 atom stereocenters. The molecule has 1 saturated carbocycles. The average molecular weight is 448 g/mol. The molecule has 0 radical (unpaired) electrons. The van der Waals surface area contributed by atoms with Crippen molar-refractivity contribution in [3.8, 4) is 0 Å². The molecule has 0 spiro atoms. The van der Waals surface area contributed by atoms with E-state index in [2.05, 4.69) is 23.9 Å². The molecule has 2 aromatic rings. The van der Waals surface area contributed by atoms with E-state index in [0.29, 0.717) is 21.7 Å². The highest BCUT2D eigenvalue weighted by atomic mass is 32.2. The maximum absolute atomic E-state index is 12.6. The molecule has 1 fully saturated rings. The number of nitrogens with one attached hydrogen (secondary N) is 2. The highest BCUT2D eigenvalue weighted by molar-refractivity contribution is 7.94. The average Bonchev–Trinajstić information content (AvgIpc) is 3.24. The molecule has 0 unspecified atom stereocenters. The van der Waals surface area contributed by atoms with Crippen molar-refractivity contribution < 1.29 is 8.42 Å². The zero-order valence-corrected chi connectivity index (χ0v) is 19.8. The molecule has 3 rings (SSSR count). The van der Waals surface area contributed by atoms with E-state index in [0.717, 1.165) is 30.1 Å². The van der Waals surface area contributed by atoms with E-state index in [4.69, 9.17) is 4.99 Å². The second kappa shape index (κ2) is 10.4. The molecule has 0 aliphatic heterocycles. The van der Waals surface area contributed by atoms with Crippen LogP contribution in [0.4, 0.5) is 11.4 Å². The van der Waals surface area contributed by atoms with Crippen molar-refractivity contribution in [3.05, 3.63) is 41.3 Å². The highest BCUT2D eigenvalue weighted by Crippen LogP contribution is 2.27. The minimum Gasteiger partial charge on any atom is -0.344 e. The zero-order chi connectivity index (χ0) is 21.6. The first-order chi connectivity index (χ1) is 14.3. The number of sulfonamides is 1. The van der Waals surface area contributed by atoms with Gasteiger partial charge in [0.05, 0.1) is 5.84 Å². The third kappa shape index (κ3) is 6.57. The highest BCUT2D eigenvalue weighted by Gasteiger charge is 2.17. The molecule has 1 aliphatic carbocycles. The van der Waals surface area contributed by atoms with Crippen LogP contribution in [0.5, 0.6) is 0 Å². The maximum atomic E-state index is 12.6. The van der Waals surface area contributed by atoms with E-state index in [1.165, 1.54) is 43.4 Å². The first-order valence-corrected chi connectivity index (χ1v) is 13.2. The predicted octanol–water partition coefficient (Wildman–Crippen LogP) is 6.16. The fraction of sp³-hybridized carbons (Fsp3) is 0.522. The van der Waals surface area contributed by atoms with Crippen LogP contribution < -0.4 is 10.0 Å². The fourth-order valence-corrected chi connectivity index (χ4v) is 5.92. The summed E-state index contributed by atoms with van der Waals surface area (Å²) in [5, 5.41) is 5.21. The van der Waals surface area contributed by atoms with Gasteiger partial charge in [0.15, 0.2) is 0 Å². The molecular formula is C23H33N3O2S2. The van der Waals surface area contributed by atoms with E-state index in [1.54, 1.807) is 17.5 Å². The smallest absolute Gasteiger partial charge is 0.271 e. The number of aliphatic imine (C=N–C) groups is 1. The lowest BCUT2D eigenvalue weighted by molar-refractivity contribution is 0.367. The molecule has 5 nitrogen and oxygen atoms in total. The summed E-state index contributed by atoms with van der Waals surface area (Å²) in [6.07, 6.45) is 7.44. The van der Waals surface area contributed by atoms with Gasteiger partial charge in [-0.05, 0) is 73.2 Å². The Morgan fingerprint density at radius 1 is 1.20 bits per heavy atom. The Morgan fingerprint density at radius 2 is 1.97 bits per heavy atom. The van der Waals surface area contributed by atoms with E-state index >= 15 is 0 Å². The van der Waals surface area contributed by atoms with Crippen molar-refractivity contribution in [2.24, 2.45) is 16.8 Å². The SMILES string of the molecule is CC(=NCC1CCCCC1)Nc1ccc(NS(=O)(=O)c2cccs2)cc1CC(C)C. The third-order valence-corrected chi connectivity index (χ3v) is 8.15. The Kier molecular flexibility index (Phi) is 7.94. The largest absolute Gasteiger partial charge is 0.344 e. The summed E-state index contributed by atoms with van der Waals surface area (Å²) in [7, 11) is -3.55. The monoisotopic (exact) mass is 447 g/mol. The van der Waals surface area contributed by atoms with Crippen LogP contribution in [-0.4, -0.2) is 20.8 Å². The molecular weight excluding hydrogens is 414 g/mol. The standard InChI is InChI=1S/C23H33N3O2S2/c1-17(2)14-20-15-21(26-30(27,28)23-10-7-13-29-23)11-12-22(20)25-18(3)24-16-19-8-5-4-6-9-19/h7,10-13,15,17,19,26H,4-6,8-9,14,16H2,1-3H3,(H,24,25). The van der Waals surface area contributed by atoms with E-state index in [-0.39, 0.29) is 0 Å². The summed E-state index contributed by atoms with van der Waals surface area (Å²) in [6.45, 7) is 7.22. The number of nitrogens with zero attached hydrogens (tertiary/aromatic N) is 1. The van der Waals surface area contributed by atoms with Gasteiger partial charge < -0.3 is 5.32 Å². The number of hydrogen-bond acceptors (Lipinski definition) is 4. The van der Waals surface area contributed by atoms with Gasteiger partial charge in [0.1, 0.15) is 4.21 Å². The number of anilines is 2. The summed E-state index contributed by atoms with van der Waals surface area (Å²) >= 11 is 1.21. The Morgan fingerprint density at radius 3 is 2.63 bits per heavy atom.